The Bertz CT molecular complexity index is 765. The minimum absolute atomic E-state index is 0.317. The number of carbonyl (C=O) groups excluding carboxylic acids is 2. The van der Waals surface area contributed by atoms with Crippen LogP contribution in [0.3, 0.4) is 0 Å². The topological polar surface area (TPSA) is 61.8 Å². The highest BCUT2D eigenvalue weighted by Crippen LogP contribution is 2.33. The van der Waals surface area contributed by atoms with E-state index >= 15 is 0 Å². The number of ether oxygens (including phenoxy) is 3. The zero-order valence-electron chi connectivity index (χ0n) is 14.4. The molecule has 2 rings (SSSR count). The van der Waals surface area contributed by atoms with Crippen LogP contribution in [0.15, 0.2) is 54.6 Å². The molecule has 0 amide bonds. The molecule has 0 aliphatic carbocycles. The maximum absolute atomic E-state index is 11.5. The van der Waals surface area contributed by atoms with Crippen LogP contribution in [0.1, 0.15) is 31.1 Å². The van der Waals surface area contributed by atoms with Gasteiger partial charge in [0.2, 0.25) is 0 Å². The summed E-state index contributed by atoms with van der Waals surface area (Å²) in [5.74, 6) is -0.0206. The van der Waals surface area contributed by atoms with Crippen molar-refractivity contribution in [2.75, 3.05) is 7.11 Å². The van der Waals surface area contributed by atoms with Gasteiger partial charge in [0.25, 0.3) is 0 Å². The molecule has 0 radical (unpaired) electrons. The molecule has 0 aromatic heterocycles. The molecular formula is C20H20O5. The van der Waals surface area contributed by atoms with E-state index in [1.807, 2.05) is 36.4 Å². The monoisotopic (exact) mass is 340 g/mol. The van der Waals surface area contributed by atoms with Crippen molar-refractivity contribution >= 4 is 18.0 Å². The first-order valence-corrected chi connectivity index (χ1v) is 7.76. The molecule has 0 spiro atoms. The van der Waals surface area contributed by atoms with Gasteiger partial charge in [-0.3, -0.25) is 9.59 Å². The van der Waals surface area contributed by atoms with Gasteiger partial charge in [-0.05, 0) is 29.8 Å². The molecule has 0 heterocycles. The van der Waals surface area contributed by atoms with E-state index in [1.165, 1.54) is 21.0 Å². The van der Waals surface area contributed by atoms with Crippen LogP contribution in [0.4, 0.5) is 0 Å². The van der Waals surface area contributed by atoms with E-state index in [9.17, 15) is 9.59 Å². The quantitative estimate of drug-likeness (QED) is 0.589. The molecule has 25 heavy (non-hydrogen) atoms. The van der Waals surface area contributed by atoms with Crippen LogP contribution in [0.25, 0.3) is 6.08 Å². The number of hydrogen-bond donors (Lipinski definition) is 0. The van der Waals surface area contributed by atoms with Gasteiger partial charge in [0.1, 0.15) is 17.6 Å². The van der Waals surface area contributed by atoms with Gasteiger partial charge in [0.15, 0.2) is 0 Å². The van der Waals surface area contributed by atoms with E-state index < -0.39 is 18.0 Å². The van der Waals surface area contributed by atoms with Crippen molar-refractivity contribution in [2.45, 2.75) is 20.0 Å². The molecule has 130 valence electrons. The van der Waals surface area contributed by atoms with Crippen molar-refractivity contribution in [2.24, 2.45) is 0 Å². The third-order valence-electron chi connectivity index (χ3n) is 3.33. The summed E-state index contributed by atoms with van der Waals surface area (Å²) in [4.78, 5) is 22.9. The molecule has 0 saturated heterocycles. The third kappa shape index (κ3) is 5.49. The molecule has 0 aliphatic heterocycles. The van der Waals surface area contributed by atoms with E-state index in [0.717, 1.165) is 5.56 Å². The molecule has 5 nitrogen and oxygen atoms in total. The second kappa shape index (κ2) is 8.68. The summed E-state index contributed by atoms with van der Waals surface area (Å²) >= 11 is 0. The predicted molar refractivity (Wildman–Crippen MR) is 94.3 cm³/mol. The second-order valence-electron chi connectivity index (χ2n) is 5.30. The Morgan fingerprint density at radius 1 is 1.00 bits per heavy atom. The fraction of sp³-hybridized carbons (Fsp3) is 0.200. The van der Waals surface area contributed by atoms with Crippen LogP contribution in [-0.2, 0) is 14.3 Å². The molecule has 0 aliphatic rings. The van der Waals surface area contributed by atoms with Gasteiger partial charge >= 0.3 is 11.9 Å². The van der Waals surface area contributed by atoms with E-state index in [4.69, 9.17) is 14.2 Å². The maximum Gasteiger partial charge on any atom is 0.308 e. The number of esters is 2. The summed E-state index contributed by atoms with van der Waals surface area (Å²) in [6.45, 7) is 2.64. The highest BCUT2D eigenvalue weighted by molar-refractivity contribution is 5.71. The molecule has 0 saturated carbocycles. The lowest BCUT2D eigenvalue weighted by molar-refractivity contribution is -0.144. The van der Waals surface area contributed by atoms with E-state index in [2.05, 4.69) is 0 Å². The summed E-state index contributed by atoms with van der Waals surface area (Å²) < 4.78 is 15.9. The van der Waals surface area contributed by atoms with Crippen LogP contribution in [0.2, 0.25) is 0 Å². The van der Waals surface area contributed by atoms with Gasteiger partial charge in [-0.2, -0.15) is 0 Å². The first kappa shape index (κ1) is 18.3. The lowest BCUT2D eigenvalue weighted by Crippen LogP contribution is -2.10. The fourth-order valence-electron chi connectivity index (χ4n) is 2.27. The first-order valence-electron chi connectivity index (χ1n) is 7.76. The normalized spacial score (nSPS) is 11.8. The van der Waals surface area contributed by atoms with Gasteiger partial charge in [-0.1, -0.05) is 36.4 Å². The Morgan fingerprint density at radius 2 is 1.72 bits per heavy atom. The molecule has 0 fully saturated rings. The second-order valence-corrected chi connectivity index (χ2v) is 5.30. The standard InChI is InChI=1S/C20H20O5/c1-14(21)24-19(11-9-16-7-5-4-6-8-16)18-13-17(23-3)10-12-20(18)25-15(2)22/h4-13,19H,1-3H3. The summed E-state index contributed by atoms with van der Waals surface area (Å²) in [6, 6.07) is 14.6. The van der Waals surface area contributed by atoms with Gasteiger partial charge in [-0.15, -0.1) is 0 Å². The molecule has 1 unspecified atom stereocenters. The summed E-state index contributed by atoms with van der Waals surface area (Å²) in [7, 11) is 1.53. The van der Waals surface area contributed by atoms with Crippen LogP contribution >= 0.6 is 0 Å². The predicted octanol–water partition coefficient (Wildman–Crippen LogP) is 3.94. The van der Waals surface area contributed by atoms with Crippen molar-refractivity contribution < 1.29 is 23.8 Å². The number of rotatable bonds is 6. The number of methoxy groups -OCH3 is 1. The van der Waals surface area contributed by atoms with Gasteiger partial charge in [0, 0.05) is 19.4 Å². The van der Waals surface area contributed by atoms with Crippen molar-refractivity contribution in [3.8, 4) is 11.5 Å². The van der Waals surface area contributed by atoms with Gasteiger partial charge in [0.05, 0.1) is 7.11 Å². The average Bonchev–Trinajstić information content (AvgIpc) is 2.59. The first-order chi connectivity index (χ1) is 12.0. The highest BCUT2D eigenvalue weighted by atomic mass is 16.6. The van der Waals surface area contributed by atoms with Crippen LogP contribution in [-0.4, -0.2) is 19.0 Å². The Kier molecular flexibility index (Phi) is 6.34. The van der Waals surface area contributed by atoms with Gasteiger partial charge in [-0.25, -0.2) is 0 Å². The average molecular weight is 340 g/mol. The zero-order valence-corrected chi connectivity index (χ0v) is 14.4. The molecule has 1 atom stereocenters. The van der Waals surface area contributed by atoms with Crippen molar-refractivity contribution in [1.29, 1.82) is 0 Å². The summed E-state index contributed by atoms with van der Waals surface area (Å²) in [5, 5.41) is 0. The van der Waals surface area contributed by atoms with Crippen LogP contribution in [0.5, 0.6) is 11.5 Å². The molecule has 5 heteroatoms. The Balaban J connectivity index is 2.43. The highest BCUT2D eigenvalue weighted by Gasteiger charge is 2.19. The van der Waals surface area contributed by atoms with Crippen molar-refractivity contribution in [3.05, 3.63) is 65.7 Å². The van der Waals surface area contributed by atoms with Crippen LogP contribution < -0.4 is 9.47 Å². The molecule has 2 aromatic rings. The summed E-state index contributed by atoms with van der Waals surface area (Å²) in [6.07, 6.45) is 2.85. The SMILES string of the molecule is COc1ccc(OC(C)=O)c(C(C=Cc2ccccc2)OC(C)=O)c1. The fourth-order valence-corrected chi connectivity index (χ4v) is 2.27. The molecule has 2 aromatic carbocycles. The molecule has 0 bridgehead atoms. The lowest BCUT2D eigenvalue weighted by atomic mass is 10.1. The van der Waals surface area contributed by atoms with E-state index in [1.54, 1.807) is 24.3 Å². The van der Waals surface area contributed by atoms with E-state index in [-0.39, 0.29) is 0 Å². The number of hydrogen-bond acceptors (Lipinski definition) is 5. The molecule has 0 N–H and O–H groups in total. The smallest absolute Gasteiger partial charge is 0.308 e. The maximum atomic E-state index is 11.5. The van der Waals surface area contributed by atoms with E-state index in [0.29, 0.717) is 17.1 Å². The lowest BCUT2D eigenvalue weighted by Gasteiger charge is -2.18. The number of carbonyl (C=O) groups is 2. The van der Waals surface area contributed by atoms with Crippen molar-refractivity contribution in [1.82, 2.24) is 0 Å². The van der Waals surface area contributed by atoms with Gasteiger partial charge < -0.3 is 14.2 Å². The van der Waals surface area contributed by atoms with Crippen molar-refractivity contribution in [3.63, 3.8) is 0 Å². The third-order valence-corrected chi connectivity index (χ3v) is 3.33. The summed E-state index contributed by atoms with van der Waals surface area (Å²) in [5.41, 5.74) is 1.48. The van der Waals surface area contributed by atoms with Crippen LogP contribution in [0, 0.1) is 0 Å². The number of benzene rings is 2. The molecular weight excluding hydrogens is 320 g/mol. The largest absolute Gasteiger partial charge is 0.497 e. The Morgan fingerprint density at radius 3 is 2.32 bits per heavy atom. The minimum atomic E-state index is -0.720. The Hall–Kier alpha value is -3.08. The minimum Gasteiger partial charge on any atom is -0.497 e. The zero-order chi connectivity index (χ0) is 18.2. The Labute approximate surface area is 146 Å².